The van der Waals surface area contributed by atoms with Crippen molar-refractivity contribution in [3.8, 4) is 0 Å². The Hall–Kier alpha value is -4.29. The minimum atomic E-state index is -3.89. The van der Waals surface area contributed by atoms with E-state index in [0.29, 0.717) is 34.5 Å². The molecule has 5 rings (SSSR count). The second-order valence-corrected chi connectivity index (χ2v) is 10.7. The van der Waals surface area contributed by atoms with Crippen molar-refractivity contribution < 1.29 is 27.3 Å². The van der Waals surface area contributed by atoms with Crippen molar-refractivity contribution in [3.63, 3.8) is 0 Å². The van der Waals surface area contributed by atoms with Crippen molar-refractivity contribution in [1.82, 2.24) is 15.0 Å². The van der Waals surface area contributed by atoms with Gasteiger partial charge in [-0.3, -0.25) is 14.5 Å². The zero-order valence-corrected chi connectivity index (χ0v) is 21.5. The van der Waals surface area contributed by atoms with Gasteiger partial charge in [0, 0.05) is 47.9 Å². The first kappa shape index (κ1) is 25.4. The minimum Gasteiger partial charge on any atom is -0.452 e. The largest absolute Gasteiger partial charge is 0.452 e. The van der Waals surface area contributed by atoms with E-state index in [1.165, 1.54) is 30.3 Å². The van der Waals surface area contributed by atoms with Crippen molar-refractivity contribution in [2.75, 3.05) is 30.2 Å². The van der Waals surface area contributed by atoms with Crippen molar-refractivity contribution >= 4 is 44.3 Å². The van der Waals surface area contributed by atoms with E-state index in [2.05, 4.69) is 20.1 Å². The number of likely N-dealkylation sites (N-methyl/N-ethyl adjacent to an activating group) is 1. The number of carbonyl (C=O) groups is 2. The summed E-state index contributed by atoms with van der Waals surface area (Å²) in [7, 11) is -1.92. The maximum atomic E-state index is 13.2. The number of hydrogen-bond donors (Lipinski definition) is 2. The topological polar surface area (TPSA) is 144 Å². The van der Waals surface area contributed by atoms with E-state index >= 15 is 0 Å². The Balaban J connectivity index is 1.25. The molecule has 2 N–H and O–H groups in total. The summed E-state index contributed by atoms with van der Waals surface area (Å²) in [5, 5.41) is 6.90. The number of amides is 1. The molecule has 0 spiro atoms. The highest BCUT2D eigenvalue weighted by molar-refractivity contribution is 7.92. The van der Waals surface area contributed by atoms with Crippen LogP contribution in [0.15, 0.2) is 64.0 Å². The lowest BCUT2D eigenvalue weighted by Crippen LogP contribution is -2.30. The number of ether oxygens (including phenoxy) is 1. The molecular formula is C26H25N5O6S. The van der Waals surface area contributed by atoms with Crippen LogP contribution in [-0.4, -0.2) is 55.5 Å². The number of para-hydroxylation sites is 1. The first-order chi connectivity index (χ1) is 18.2. The van der Waals surface area contributed by atoms with Crippen molar-refractivity contribution in [2.45, 2.75) is 24.8 Å². The van der Waals surface area contributed by atoms with Gasteiger partial charge in [-0.05, 0) is 44.3 Å². The van der Waals surface area contributed by atoms with Crippen LogP contribution in [0.5, 0.6) is 0 Å². The van der Waals surface area contributed by atoms with Gasteiger partial charge in [-0.2, -0.15) is 0 Å². The molecule has 38 heavy (non-hydrogen) atoms. The predicted octanol–water partition coefficient (Wildman–Crippen LogP) is 3.12. The van der Waals surface area contributed by atoms with Gasteiger partial charge in [-0.1, -0.05) is 23.4 Å². The molecule has 0 fully saturated rings. The molecule has 0 saturated heterocycles. The lowest BCUT2D eigenvalue weighted by atomic mass is 9.96. The highest BCUT2D eigenvalue weighted by Gasteiger charge is 2.26. The van der Waals surface area contributed by atoms with Crippen LogP contribution in [0.4, 0.5) is 11.5 Å². The Morgan fingerprint density at radius 1 is 1.13 bits per heavy atom. The first-order valence-electron chi connectivity index (χ1n) is 11.8. The first-order valence-corrected chi connectivity index (χ1v) is 13.3. The maximum absolute atomic E-state index is 13.2. The summed E-state index contributed by atoms with van der Waals surface area (Å²) in [4.78, 5) is 32.5. The quantitative estimate of drug-likeness (QED) is 0.341. The number of hydrogen-bond acceptors (Lipinski definition) is 9. The van der Waals surface area contributed by atoms with E-state index in [9.17, 15) is 18.0 Å². The molecule has 0 saturated carbocycles. The zero-order valence-electron chi connectivity index (χ0n) is 20.7. The summed E-state index contributed by atoms with van der Waals surface area (Å²) >= 11 is 0. The van der Waals surface area contributed by atoms with Crippen LogP contribution in [0.2, 0.25) is 0 Å². The lowest BCUT2D eigenvalue weighted by Gasteiger charge is -2.26. The van der Waals surface area contributed by atoms with Crippen molar-refractivity contribution in [2.24, 2.45) is 0 Å². The molecule has 0 radical (unpaired) electrons. The van der Waals surface area contributed by atoms with E-state index in [0.717, 1.165) is 24.2 Å². The molecule has 0 unspecified atom stereocenters. The number of nitrogens with one attached hydrogen (secondary N) is 2. The van der Waals surface area contributed by atoms with E-state index in [1.807, 2.05) is 31.3 Å². The summed E-state index contributed by atoms with van der Waals surface area (Å²) < 4.78 is 37.6. The third kappa shape index (κ3) is 5.36. The van der Waals surface area contributed by atoms with E-state index in [-0.39, 0.29) is 10.7 Å². The molecular weight excluding hydrogens is 510 g/mol. The smallest absolute Gasteiger partial charge is 0.339 e. The molecule has 3 heterocycles. The molecule has 196 valence electrons. The van der Waals surface area contributed by atoms with Gasteiger partial charge < -0.3 is 19.5 Å². The summed E-state index contributed by atoms with van der Waals surface area (Å²) in [5.41, 5.74) is 3.15. The minimum absolute atomic E-state index is 0.0260. The number of rotatable bonds is 7. The van der Waals surface area contributed by atoms with Gasteiger partial charge in [0.25, 0.3) is 15.9 Å². The van der Waals surface area contributed by atoms with Crippen LogP contribution in [0, 0.1) is 6.92 Å². The van der Waals surface area contributed by atoms with Crippen LogP contribution in [0.1, 0.15) is 27.4 Å². The summed E-state index contributed by atoms with van der Waals surface area (Å²) in [6.45, 7) is 2.54. The van der Waals surface area contributed by atoms with Crippen LogP contribution in [0.25, 0.3) is 10.9 Å². The highest BCUT2D eigenvalue weighted by Crippen LogP contribution is 2.28. The van der Waals surface area contributed by atoms with Gasteiger partial charge >= 0.3 is 5.97 Å². The van der Waals surface area contributed by atoms with Gasteiger partial charge in [-0.15, -0.1) is 0 Å². The molecule has 2 aromatic heterocycles. The fourth-order valence-corrected chi connectivity index (χ4v) is 5.27. The van der Waals surface area contributed by atoms with Crippen LogP contribution >= 0.6 is 0 Å². The molecule has 1 amide bonds. The van der Waals surface area contributed by atoms with Gasteiger partial charge in [0.15, 0.2) is 12.4 Å². The Morgan fingerprint density at radius 3 is 2.63 bits per heavy atom. The summed E-state index contributed by atoms with van der Waals surface area (Å²) in [6.07, 6.45) is 0.719. The third-order valence-corrected chi connectivity index (χ3v) is 7.46. The zero-order chi connectivity index (χ0) is 26.9. The number of pyridine rings is 1. The fourth-order valence-electron chi connectivity index (χ4n) is 4.29. The number of anilines is 2. The van der Waals surface area contributed by atoms with Gasteiger partial charge in [0.1, 0.15) is 5.76 Å². The standard InChI is InChI=1S/C26H25N5O6S/c1-16-13-23(29-37-16)30-38(34,35)18-9-7-17(8-10-18)27-24(32)15-36-26(33)25-19-5-3-4-6-21(19)28-22-11-12-31(2)14-20(22)25/h3-10,13H,11-12,14-15H2,1-2H3,(H,27,32)(H,29,30). The molecule has 4 aromatic rings. The molecule has 0 atom stereocenters. The highest BCUT2D eigenvalue weighted by atomic mass is 32.2. The number of nitrogens with zero attached hydrogens (tertiary/aromatic N) is 3. The Kier molecular flexibility index (Phi) is 6.83. The predicted molar refractivity (Wildman–Crippen MR) is 139 cm³/mol. The van der Waals surface area contributed by atoms with Crippen LogP contribution < -0.4 is 10.0 Å². The maximum Gasteiger partial charge on any atom is 0.339 e. The number of benzene rings is 2. The van der Waals surface area contributed by atoms with E-state index in [4.69, 9.17) is 14.2 Å². The molecule has 0 aliphatic carbocycles. The van der Waals surface area contributed by atoms with Crippen molar-refractivity contribution in [3.05, 3.63) is 77.2 Å². The number of sulfonamides is 1. The average molecular weight is 536 g/mol. The molecule has 2 aromatic carbocycles. The molecule has 12 heteroatoms. The number of fused-ring (bicyclic) bond motifs is 2. The Labute approximate surface area is 218 Å². The number of aryl methyl sites for hydroxylation is 1. The summed E-state index contributed by atoms with van der Waals surface area (Å²) in [5.74, 6) is -0.627. The average Bonchev–Trinajstić information content (AvgIpc) is 3.29. The Bertz CT molecular complexity index is 1630. The number of esters is 1. The normalized spacial score (nSPS) is 13.6. The molecule has 1 aliphatic rings. The molecule has 0 bridgehead atoms. The third-order valence-electron chi connectivity index (χ3n) is 6.09. The second kappa shape index (κ2) is 10.2. The van der Waals surface area contributed by atoms with Gasteiger partial charge in [0.05, 0.1) is 16.0 Å². The molecule has 1 aliphatic heterocycles. The van der Waals surface area contributed by atoms with Crippen molar-refractivity contribution in [1.29, 1.82) is 0 Å². The monoisotopic (exact) mass is 535 g/mol. The van der Waals surface area contributed by atoms with Crippen LogP contribution in [0.3, 0.4) is 0 Å². The van der Waals surface area contributed by atoms with Gasteiger partial charge in [-0.25, -0.2) is 13.2 Å². The molecule has 11 nitrogen and oxygen atoms in total. The Morgan fingerprint density at radius 2 is 1.89 bits per heavy atom. The van der Waals surface area contributed by atoms with Crippen LogP contribution in [-0.2, 0) is 32.5 Å². The number of aromatic nitrogens is 2. The summed E-state index contributed by atoms with van der Waals surface area (Å²) in [6, 6.07) is 14.4. The van der Waals surface area contributed by atoms with E-state index < -0.39 is 28.5 Å². The van der Waals surface area contributed by atoms with Gasteiger partial charge in [0.2, 0.25) is 0 Å². The van der Waals surface area contributed by atoms with E-state index in [1.54, 1.807) is 6.92 Å². The number of carbonyl (C=O) groups excluding carboxylic acids is 2. The SMILES string of the molecule is Cc1cc(NS(=O)(=O)c2ccc(NC(=O)COC(=O)c3c4c(nc5ccccc35)CCN(C)C4)cc2)no1. The second-order valence-electron chi connectivity index (χ2n) is 8.99. The lowest BCUT2D eigenvalue weighted by molar-refractivity contribution is -0.119. The fraction of sp³-hybridized carbons (Fsp3) is 0.231.